The number of halogens is 1. The molecule has 0 saturated heterocycles. The molecule has 0 amide bonds. The molecule has 0 aliphatic rings. The maximum Gasteiger partial charge on any atom is 0.247 e. The second-order valence-corrected chi connectivity index (χ2v) is 3.40. The van der Waals surface area contributed by atoms with Crippen LogP contribution in [0.4, 0.5) is 4.39 Å². The van der Waals surface area contributed by atoms with Crippen molar-refractivity contribution in [3.05, 3.63) is 36.0 Å². The largest absolute Gasteiger partial charge is 0.421 e. The number of aromatic nitrogens is 2. The van der Waals surface area contributed by atoms with Crippen LogP contribution in [-0.4, -0.2) is 16.7 Å². The molecule has 0 aliphatic heterocycles. The van der Waals surface area contributed by atoms with Gasteiger partial charge in [-0.05, 0) is 31.2 Å². The van der Waals surface area contributed by atoms with Crippen molar-refractivity contribution in [1.29, 1.82) is 0 Å². The first-order chi connectivity index (χ1) is 7.79. The van der Waals surface area contributed by atoms with Crippen molar-refractivity contribution in [1.82, 2.24) is 10.2 Å². The van der Waals surface area contributed by atoms with Crippen LogP contribution >= 0.6 is 0 Å². The van der Waals surface area contributed by atoms with Crippen LogP contribution in [0.1, 0.15) is 12.3 Å². The summed E-state index contributed by atoms with van der Waals surface area (Å²) in [5, 5.41) is 7.72. The van der Waals surface area contributed by atoms with Crippen molar-refractivity contribution in [2.75, 3.05) is 6.54 Å². The molecular formula is C11H12FN3O. The lowest BCUT2D eigenvalue weighted by Gasteiger charge is -1.94. The second-order valence-electron chi connectivity index (χ2n) is 3.40. The Bertz CT molecular complexity index is 470. The second kappa shape index (κ2) is 4.85. The van der Waals surface area contributed by atoms with Crippen LogP contribution in [0.15, 0.2) is 28.7 Å². The van der Waals surface area contributed by atoms with Gasteiger partial charge in [-0.2, -0.15) is 0 Å². The SMILES string of the molecule is NCCCc1nnc(-c2cccc(F)c2)o1. The van der Waals surface area contributed by atoms with Crippen LogP contribution in [0.3, 0.4) is 0 Å². The van der Waals surface area contributed by atoms with E-state index in [2.05, 4.69) is 10.2 Å². The van der Waals surface area contributed by atoms with Gasteiger partial charge in [0.05, 0.1) is 0 Å². The van der Waals surface area contributed by atoms with E-state index in [1.807, 2.05) is 0 Å². The van der Waals surface area contributed by atoms with Gasteiger partial charge < -0.3 is 10.2 Å². The molecule has 1 aromatic carbocycles. The predicted octanol–water partition coefficient (Wildman–Crippen LogP) is 1.77. The fourth-order valence-electron chi connectivity index (χ4n) is 1.35. The van der Waals surface area contributed by atoms with Crippen LogP contribution < -0.4 is 5.73 Å². The standard InChI is InChI=1S/C11H12FN3O/c12-9-4-1-3-8(7-9)11-15-14-10(16-11)5-2-6-13/h1,3-4,7H,2,5-6,13H2. The molecule has 2 aromatic rings. The zero-order chi connectivity index (χ0) is 11.4. The van der Waals surface area contributed by atoms with Crippen LogP contribution in [0, 0.1) is 5.82 Å². The van der Waals surface area contributed by atoms with Crippen LogP contribution in [0.25, 0.3) is 11.5 Å². The predicted molar refractivity (Wildman–Crippen MR) is 57.1 cm³/mol. The van der Waals surface area contributed by atoms with Crippen LogP contribution in [0.2, 0.25) is 0 Å². The molecule has 0 spiro atoms. The number of aryl methyl sites for hydroxylation is 1. The lowest BCUT2D eigenvalue weighted by Crippen LogP contribution is -2.00. The minimum atomic E-state index is -0.320. The molecule has 0 radical (unpaired) electrons. The highest BCUT2D eigenvalue weighted by Crippen LogP contribution is 2.18. The molecule has 1 heterocycles. The summed E-state index contributed by atoms with van der Waals surface area (Å²) in [6, 6.07) is 6.06. The van der Waals surface area contributed by atoms with Gasteiger partial charge in [-0.1, -0.05) is 6.07 Å². The fourth-order valence-corrected chi connectivity index (χ4v) is 1.35. The van der Waals surface area contributed by atoms with Gasteiger partial charge in [0.2, 0.25) is 11.8 Å². The Morgan fingerprint density at radius 3 is 2.94 bits per heavy atom. The summed E-state index contributed by atoms with van der Waals surface area (Å²) in [6.07, 6.45) is 1.45. The van der Waals surface area contributed by atoms with Crippen molar-refractivity contribution in [3.63, 3.8) is 0 Å². The van der Waals surface area contributed by atoms with E-state index in [0.717, 1.165) is 6.42 Å². The number of hydrogen-bond donors (Lipinski definition) is 1. The quantitative estimate of drug-likeness (QED) is 0.854. The first-order valence-corrected chi connectivity index (χ1v) is 5.08. The summed E-state index contributed by atoms with van der Waals surface area (Å²) in [4.78, 5) is 0. The molecule has 84 valence electrons. The van der Waals surface area contributed by atoms with E-state index in [9.17, 15) is 4.39 Å². The Balaban J connectivity index is 2.18. The minimum absolute atomic E-state index is 0.320. The van der Waals surface area contributed by atoms with E-state index in [-0.39, 0.29) is 5.82 Å². The molecule has 4 nitrogen and oxygen atoms in total. The van der Waals surface area contributed by atoms with Crippen molar-refractivity contribution in [3.8, 4) is 11.5 Å². The topological polar surface area (TPSA) is 64.9 Å². The van der Waals surface area contributed by atoms with Crippen LogP contribution in [0.5, 0.6) is 0 Å². The fraction of sp³-hybridized carbons (Fsp3) is 0.273. The Hall–Kier alpha value is -1.75. The number of hydrogen-bond acceptors (Lipinski definition) is 4. The first-order valence-electron chi connectivity index (χ1n) is 5.08. The molecular weight excluding hydrogens is 209 g/mol. The molecule has 1 aromatic heterocycles. The van der Waals surface area contributed by atoms with Crippen molar-refractivity contribution in [2.45, 2.75) is 12.8 Å². The maximum atomic E-state index is 13.0. The summed E-state index contributed by atoms with van der Waals surface area (Å²) in [5.41, 5.74) is 5.96. The molecule has 0 aliphatic carbocycles. The summed E-state index contributed by atoms with van der Waals surface area (Å²) < 4.78 is 18.3. The van der Waals surface area contributed by atoms with Gasteiger partial charge in [-0.15, -0.1) is 10.2 Å². The highest BCUT2D eigenvalue weighted by Gasteiger charge is 2.08. The molecule has 0 atom stereocenters. The Labute approximate surface area is 92.3 Å². The lowest BCUT2D eigenvalue weighted by molar-refractivity contribution is 0.498. The number of nitrogens with zero attached hydrogens (tertiary/aromatic N) is 2. The van der Waals surface area contributed by atoms with Crippen LogP contribution in [-0.2, 0) is 6.42 Å². The van der Waals surface area contributed by atoms with E-state index in [1.54, 1.807) is 12.1 Å². The zero-order valence-corrected chi connectivity index (χ0v) is 8.69. The molecule has 5 heteroatoms. The van der Waals surface area contributed by atoms with E-state index in [0.29, 0.717) is 30.3 Å². The molecule has 2 rings (SSSR count). The smallest absolute Gasteiger partial charge is 0.247 e. The Morgan fingerprint density at radius 2 is 2.19 bits per heavy atom. The summed E-state index contributed by atoms with van der Waals surface area (Å²) in [5.74, 6) is 0.551. The molecule has 0 unspecified atom stereocenters. The van der Waals surface area contributed by atoms with Gasteiger partial charge in [-0.3, -0.25) is 0 Å². The average molecular weight is 221 g/mol. The Kier molecular flexibility index (Phi) is 3.26. The average Bonchev–Trinajstić information content (AvgIpc) is 2.75. The molecule has 0 bridgehead atoms. The van der Waals surface area contributed by atoms with Gasteiger partial charge >= 0.3 is 0 Å². The maximum absolute atomic E-state index is 13.0. The molecule has 0 saturated carbocycles. The Morgan fingerprint density at radius 1 is 1.31 bits per heavy atom. The third-order valence-corrected chi connectivity index (χ3v) is 2.13. The molecule has 2 N–H and O–H groups in total. The van der Waals surface area contributed by atoms with E-state index in [4.69, 9.17) is 10.2 Å². The monoisotopic (exact) mass is 221 g/mol. The van der Waals surface area contributed by atoms with Crippen molar-refractivity contribution < 1.29 is 8.81 Å². The summed E-state index contributed by atoms with van der Waals surface area (Å²) >= 11 is 0. The van der Waals surface area contributed by atoms with E-state index in [1.165, 1.54) is 12.1 Å². The summed E-state index contributed by atoms with van der Waals surface area (Å²) in [7, 11) is 0. The van der Waals surface area contributed by atoms with Gasteiger partial charge in [0.1, 0.15) is 5.82 Å². The summed E-state index contributed by atoms with van der Waals surface area (Å²) in [6.45, 7) is 0.581. The normalized spacial score (nSPS) is 10.6. The first kappa shape index (κ1) is 10.8. The minimum Gasteiger partial charge on any atom is -0.421 e. The number of nitrogens with two attached hydrogens (primary N) is 1. The van der Waals surface area contributed by atoms with Gasteiger partial charge in [0.15, 0.2) is 0 Å². The number of benzene rings is 1. The highest BCUT2D eigenvalue weighted by molar-refractivity contribution is 5.52. The number of rotatable bonds is 4. The van der Waals surface area contributed by atoms with E-state index < -0.39 is 0 Å². The van der Waals surface area contributed by atoms with Crippen molar-refractivity contribution >= 4 is 0 Å². The van der Waals surface area contributed by atoms with Gasteiger partial charge in [0.25, 0.3) is 0 Å². The lowest BCUT2D eigenvalue weighted by atomic mass is 10.2. The third kappa shape index (κ3) is 2.43. The zero-order valence-electron chi connectivity index (χ0n) is 8.69. The molecule has 16 heavy (non-hydrogen) atoms. The van der Waals surface area contributed by atoms with Gasteiger partial charge in [0, 0.05) is 12.0 Å². The highest BCUT2D eigenvalue weighted by atomic mass is 19.1. The van der Waals surface area contributed by atoms with E-state index >= 15 is 0 Å². The molecule has 0 fully saturated rings. The van der Waals surface area contributed by atoms with Gasteiger partial charge in [-0.25, -0.2) is 4.39 Å². The third-order valence-electron chi connectivity index (χ3n) is 2.13. The van der Waals surface area contributed by atoms with Crippen molar-refractivity contribution in [2.24, 2.45) is 5.73 Å².